The van der Waals surface area contributed by atoms with Crippen molar-refractivity contribution in [3.05, 3.63) is 59.9 Å². The maximum atomic E-state index is 14.2. The summed E-state index contributed by atoms with van der Waals surface area (Å²) in [5.74, 6) is -0.435. The van der Waals surface area contributed by atoms with Crippen molar-refractivity contribution in [2.45, 2.75) is 6.54 Å². The topological polar surface area (TPSA) is 75.4 Å². The maximum Gasteiger partial charge on any atom is 0.274 e. The molecule has 0 radical (unpaired) electrons. The number of anilines is 2. The molecule has 7 heteroatoms. The van der Waals surface area contributed by atoms with Gasteiger partial charge in [-0.25, -0.2) is 9.53 Å². The Morgan fingerprint density at radius 3 is 2.43 bits per heavy atom. The Morgan fingerprint density at radius 1 is 1.19 bits per heavy atom. The Morgan fingerprint density at radius 2 is 1.86 bits per heavy atom. The van der Waals surface area contributed by atoms with Crippen molar-refractivity contribution in [1.82, 2.24) is 4.72 Å². The molecule has 0 aromatic heterocycles. The van der Waals surface area contributed by atoms with E-state index in [1.807, 2.05) is 30.3 Å². The molecule has 0 bridgehead atoms. The van der Waals surface area contributed by atoms with Crippen molar-refractivity contribution in [3.8, 4) is 0 Å². The highest BCUT2D eigenvalue weighted by molar-refractivity contribution is 7.87. The van der Waals surface area contributed by atoms with Gasteiger partial charge >= 0.3 is 0 Å². The van der Waals surface area contributed by atoms with E-state index in [1.54, 1.807) is 24.1 Å². The lowest BCUT2D eigenvalue weighted by Gasteiger charge is -2.20. The van der Waals surface area contributed by atoms with Gasteiger partial charge in [0.1, 0.15) is 5.82 Å². The van der Waals surface area contributed by atoms with Crippen LogP contribution in [0.4, 0.5) is 15.8 Å². The minimum Gasteiger partial charge on any atom is -0.342 e. The first-order valence-electron chi connectivity index (χ1n) is 6.21. The fourth-order valence-corrected chi connectivity index (χ4v) is 2.27. The first-order chi connectivity index (χ1) is 9.87. The van der Waals surface area contributed by atoms with Gasteiger partial charge in [0, 0.05) is 19.3 Å². The molecule has 2 rings (SSSR count). The number of hydrogen-bond acceptors (Lipinski definition) is 3. The van der Waals surface area contributed by atoms with Crippen LogP contribution in [-0.2, 0) is 16.8 Å². The van der Waals surface area contributed by atoms with Crippen LogP contribution >= 0.6 is 0 Å². The summed E-state index contributed by atoms with van der Waals surface area (Å²) in [5, 5.41) is 4.83. The van der Waals surface area contributed by atoms with E-state index in [0.717, 1.165) is 5.69 Å². The molecule has 0 aliphatic carbocycles. The normalized spacial score (nSPS) is 11.4. The minimum absolute atomic E-state index is 0.0505. The Balaban J connectivity index is 2.20. The van der Waals surface area contributed by atoms with Crippen LogP contribution in [0.25, 0.3) is 0 Å². The first-order valence-corrected chi connectivity index (χ1v) is 7.76. The van der Waals surface area contributed by atoms with Crippen LogP contribution in [0.15, 0.2) is 48.5 Å². The van der Waals surface area contributed by atoms with E-state index in [-0.39, 0.29) is 6.54 Å². The van der Waals surface area contributed by atoms with Crippen molar-refractivity contribution in [2.75, 3.05) is 11.9 Å². The van der Waals surface area contributed by atoms with Crippen molar-refractivity contribution >= 4 is 21.6 Å². The van der Waals surface area contributed by atoms with E-state index in [1.165, 1.54) is 6.07 Å². The molecule has 3 N–H and O–H groups in total. The zero-order valence-corrected chi connectivity index (χ0v) is 12.3. The molecule has 2 aromatic carbocycles. The van der Waals surface area contributed by atoms with Crippen LogP contribution in [0.5, 0.6) is 0 Å². The second-order valence-electron chi connectivity index (χ2n) is 4.55. The fourth-order valence-electron chi connectivity index (χ4n) is 1.91. The van der Waals surface area contributed by atoms with E-state index in [4.69, 9.17) is 5.14 Å². The summed E-state index contributed by atoms with van der Waals surface area (Å²) in [4.78, 5) is 1.71. The standard InChI is InChI=1S/C14H16FN3O2S/c1-18(12-5-3-2-4-6-12)14-8-7-11(9-13(14)15)10-17-21(16,19)20/h2-9,17H,10H2,1H3,(H2,16,19,20). The largest absolute Gasteiger partial charge is 0.342 e. The van der Waals surface area contributed by atoms with E-state index >= 15 is 0 Å². The minimum atomic E-state index is -3.79. The Hall–Kier alpha value is -1.96. The summed E-state index contributed by atoms with van der Waals surface area (Å²) >= 11 is 0. The molecule has 0 heterocycles. The van der Waals surface area contributed by atoms with Crippen LogP contribution in [0.2, 0.25) is 0 Å². The number of para-hydroxylation sites is 1. The van der Waals surface area contributed by atoms with Crippen molar-refractivity contribution in [1.29, 1.82) is 0 Å². The number of nitrogens with two attached hydrogens (primary N) is 1. The Labute approximate surface area is 123 Å². The summed E-state index contributed by atoms with van der Waals surface area (Å²) < 4.78 is 37.9. The monoisotopic (exact) mass is 309 g/mol. The average molecular weight is 309 g/mol. The van der Waals surface area contributed by atoms with E-state index in [9.17, 15) is 12.8 Å². The van der Waals surface area contributed by atoms with Gasteiger partial charge < -0.3 is 4.90 Å². The highest BCUT2D eigenvalue weighted by Gasteiger charge is 2.10. The number of halogens is 1. The summed E-state index contributed by atoms with van der Waals surface area (Å²) in [6.07, 6.45) is 0. The van der Waals surface area contributed by atoms with Gasteiger partial charge in [-0.05, 0) is 29.8 Å². The van der Waals surface area contributed by atoms with Gasteiger partial charge in [-0.1, -0.05) is 24.3 Å². The van der Waals surface area contributed by atoms with Crippen LogP contribution < -0.4 is 14.8 Å². The van der Waals surface area contributed by atoms with E-state index in [0.29, 0.717) is 11.3 Å². The summed E-state index contributed by atoms with van der Waals surface area (Å²) in [6, 6.07) is 13.9. The predicted molar refractivity (Wildman–Crippen MR) is 80.9 cm³/mol. The fraction of sp³-hybridized carbons (Fsp3) is 0.143. The van der Waals surface area contributed by atoms with E-state index < -0.39 is 16.0 Å². The molecule has 0 fully saturated rings. The Kier molecular flexibility index (Phi) is 4.56. The van der Waals surface area contributed by atoms with Gasteiger partial charge in [0.05, 0.1) is 5.69 Å². The molecule has 0 saturated carbocycles. The average Bonchev–Trinajstić information content (AvgIpc) is 2.45. The second kappa shape index (κ2) is 6.21. The zero-order chi connectivity index (χ0) is 15.5. The molecule has 21 heavy (non-hydrogen) atoms. The third-order valence-electron chi connectivity index (χ3n) is 2.99. The zero-order valence-electron chi connectivity index (χ0n) is 11.5. The van der Waals surface area contributed by atoms with Gasteiger partial charge in [0.15, 0.2) is 0 Å². The number of benzene rings is 2. The molecular formula is C14H16FN3O2S. The summed E-state index contributed by atoms with van der Waals surface area (Å²) in [6.45, 7) is -0.0505. The number of nitrogens with zero attached hydrogens (tertiary/aromatic N) is 1. The van der Waals surface area contributed by atoms with Crippen molar-refractivity contribution in [3.63, 3.8) is 0 Å². The van der Waals surface area contributed by atoms with Gasteiger partial charge in [-0.15, -0.1) is 0 Å². The number of hydrogen-bond donors (Lipinski definition) is 2. The maximum absolute atomic E-state index is 14.2. The van der Waals surface area contributed by atoms with Crippen molar-refractivity contribution in [2.24, 2.45) is 5.14 Å². The third kappa shape index (κ3) is 4.25. The SMILES string of the molecule is CN(c1ccccc1)c1ccc(CNS(N)(=O)=O)cc1F. The van der Waals surface area contributed by atoms with Gasteiger partial charge in [0.25, 0.3) is 10.2 Å². The predicted octanol–water partition coefficient (Wildman–Crippen LogP) is 1.89. The van der Waals surface area contributed by atoms with Crippen LogP contribution in [0.1, 0.15) is 5.56 Å². The van der Waals surface area contributed by atoms with Gasteiger partial charge in [-0.3, -0.25) is 0 Å². The molecule has 0 unspecified atom stereocenters. The smallest absolute Gasteiger partial charge is 0.274 e. The highest BCUT2D eigenvalue weighted by atomic mass is 32.2. The lowest BCUT2D eigenvalue weighted by Crippen LogP contribution is -2.30. The third-order valence-corrected chi connectivity index (χ3v) is 3.54. The lowest BCUT2D eigenvalue weighted by molar-refractivity contribution is 0.582. The highest BCUT2D eigenvalue weighted by Crippen LogP contribution is 2.26. The first kappa shape index (κ1) is 15.4. The molecule has 0 amide bonds. The summed E-state index contributed by atoms with van der Waals surface area (Å²) in [7, 11) is -2.03. The molecular weight excluding hydrogens is 293 g/mol. The molecule has 0 aliphatic heterocycles. The number of rotatable bonds is 5. The molecule has 0 atom stereocenters. The van der Waals surface area contributed by atoms with Crippen LogP contribution in [-0.4, -0.2) is 15.5 Å². The van der Waals surface area contributed by atoms with Gasteiger partial charge in [-0.2, -0.15) is 13.1 Å². The summed E-state index contributed by atoms with van der Waals surface area (Å²) in [5.41, 5.74) is 1.75. The Bertz CT molecular complexity index is 720. The van der Waals surface area contributed by atoms with Gasteiger partial charge in [0.2, 0.25) is 0 Å². The molecule has 112 valence electrons. The van der Waals surface area contributed by atoms with Crippen LogP contribution in [0.3, 0.4) is 0 Å². The molecule has 5 nitrogen and oxygen atoms in total. The molecule has 2 aromatic rings. The van der Waals surface area contributed by atoms with Crippen LogP contribution in [0, 0.1) is 5.82 Å². The molecule has 0 saturated heterocycles. The molecule has 0 spiro atoms. The molecule has 0 aliphatic rings. The van der Waals surface area contributed by atoms with Crippen molar-refractivity contribution < 1.29 is 12.8 Å². The quantitative estimate of drug-likeness (QED) is 0.885. The second-order valence-corrected chi connectivity index (χ2v) is 5.93. The lowest BCUT2D eigenvalue weighted by atomic mass is 10.1. The van der Waals surface area contributed by atoms with E-state index in [2.05, 4.69) is 4.72 Å². The number of nitrogens with one attached hydrogen (secondary N) is 1.